The van der Waals surface area contributed by atoms with E-state index in [1.54, 1.807) is 12.1 Å². The fraction of sp³-hybridized carbons (Fsp3) is 0.367. The van der Waals surface area contributed by atoms with Gasteiger partial charge in [-0.05, 0) is 80.3 Å². The van der Waals surface area contributed by atoms with Crippen LogP contribution < -0.4 is 4.74 Å². The molecule has 35 heavy (non-hydrogen) atoms. The van der Waals surface area contributed by atoms with Gasteiger partial charge in [0.15, 0.2) is 0 Å². The summed E-state index contributed by atoms with van der Waals surface area (Å²) >= 11 is 0. The highest BCUT2D eigenvalue weighted by molar-refractivity contribution is 5.94. The molecule has 1 atom stereocenters. The second-order valence-corrected chi connectivity index (χ2v) is 9.39. The molecule has 0 aromatic heterocycles. The van der Waals surface area contributed by atoms with E-state index >= 15 is 0 Å². The number of nitrogens with zero attached hydrogens (tertiary/aromatic N) is 2. The van der Waals surface area contributed by atoms with Crippen LogP contribution in [-0.4, -0.2) is 41.4 Å². The predicted molar refractivity (Wildman–Crippen MR) is 138 cm³/mol. The average molecular weight is 475 g/mol. The van der Waals surface area contributed by atoms with Gasteiger partial charge in [-0.1, -0.05) is 48.9 Å². The summed E-state index contributed by atoms with van der Waals surface area (Å²) in [7, 11) is 0. The van der Waals surface area contributed by atoms with Crippen LogP contribution in [-0.2, 0) is 13.2 Å². The number of likely N-dealkylation sites (tertiary alicyclic amines) is 1. The second kappa shape index (κ2) is 12.5. The van der Waals surface area contributed by atoms with Gasteiger partial charge in [0, 0.05) is 31.2 Å². The number of hydrogen-bond acceptors (Lipinski definition) is 3. The van der Waals surface area contributed by atoms with Crippen molar-refractivity contribution in [3.63, 3.8) is 0 Å². The number of ether oxygens (including phenoxy) is 1. The average Bonchev–Trinajstić information content (AvgIpc) is 2.89. The molecule has 1 unspecified atom stereocenters. The molecule has 1 amide bonds. The lowest BCUT2D eigenvalue weighted by Crippen LogP contribution is -2.40. The summed E-state index contributed by atoms with van der Waals surface area (Å²) in [4.78, 5) is 17.7. The highest BCUT2D eigenvalue weighted by Gasteiger charge is 2.20. The molecule has 0 radical (unpaired) electrons. The third kappa shape index (κ3) is 7.40. The van der Waals surface area contributed by atoms with Gasteiger partial charge in [-0.2, -0.15) is 0 Å². The van der Waals surface area contributed by atoms with Crippen molar-refractivity contribution in [1.29, 1.82) is 0 Å². The molecule has 0 saturated carbocycles. The molecular weight excluding hydrogens is 439 g/mol. The third-order valence-electron chi connectivity index (χ3n) is 6.74. The Hall–Kier alpha value is -3.18. The zero-order valence-corrected chi connectivity index (χ0v) is 20.5. The number of piperidine rings is 1. The molecule has 1 saturated heterocycles. The zero-order valence-electron chi connectivity index (χ0n) is 20.5. The standard InChI is InChI=1S/C30H35FN2O2/c1-24-8-5-6-19-32(24)20-7-21-33(30(34)27-13-15-28(31)16-14-27)22-25-11-17-29(18-12-25)35-23-26-9-3-2-4-10-26/h2-4,9-18,24H,5-8,19-23H2,1H3. The van der Waals surface area contributed by atoms with Gasteiger partial charge in [0.2, 0.25) is 0 Å². The molecule has 1 heterocycles. The first kappa shape index (κ1) is 24.9. The van der Waals surface area contributed by atoms with Crippen LogP contribution in [0.3, 0.4) is 0 Å². The molecule has 1 aliphatic heterocycles. The fourth-order valence-electron chi connectivity index (χ4n) is 4.63. The number of benzene rings is 3. The SMILES string of the molecule is CC1CCCCN1CCCN(Cc1ccc(OCc2ccccc2)cc1)C(=O)c1ccc(F)cc1. The Morgan fingerprint density at radius 2 is 1.71 bits per heavy atom. The quantitative estimate of drug-likeness (QED) is 0.345. The highest BCUT2D eigenvalue weighted by Crippen LogP contribution is 2.19. The van der Waals surface area contributed by atoms with Crippen LogP contribution in [0.5, 0.6) is 5.75 Å². The van der Waals surface area contributed by atoms with E-state index in [4.69, 9.17) is 4.74 Å². The van der Waals surface area contributed by atoms with Crippen LogP contribution >= 0.6 is 0 Å². The Morgan fingerprint density at radius 3 is 2.43 bits per heavy atom. The van der Waals surface area contributed by atoms with E-state index in [0.29, 0.717) is 31.3 Å². The lowest BCUT2D eigenvalue weighted by molar-refractivity contribution is 0.0726. The minimum absolute atomic E-state index is 0.0684. The van der Waals surface area contributed by atoms with Gasteiger partial charge in [0.25, 0.3) is 5.91 Å². The first-order valence-electron chi connectivity index (χ1n) is 12.6. The molecule has 3 aromatic carbocycles. The van der Waals surface area contributed by atoms with Crippen LogP contribution in [0.15, 0.2) is 78.9 Å². The van der Waals surface area contributed by atoms with Gasteiger partial charge in [0.05, 0.1) is 0 Å². The molecular formula is C30H35FN2O2. The van der Waals surface area contributed by atoms with Gasteiger partial charge in [-0.3, -0.25) is 4.79 Å². The summed E-state index contributed by atoms with van der Waals surface area (Å²) in [5.41, 5.74) is 2.68. The van der Waals surface area contributed by atoms with Gasteiger partial charge in [-0.25, -0.2) is 4.39 Å². The molecule has 1 aliphatic rings. The molecule has 4 nitrogen and oxygen atoms in total. The van der Waals surface area contributed by atoms with Crippen molar-refractivity contribution in [3.8, 4) is 5.75 Å². The Kier molecular flexibility index (Phi) is 8.90. The molecule has 0 spiro atoms. The normalized spacial score (nSPS) is 16.1. The van der Waals surface area contributed by atoms with E-state index in [0.717, 1.165) is 36.4 Å². The Morgan fingerprint density at radius 1 is 0.971 bits per heavy atom. The molecule has 3 aromatic rings. The maximum absolute atomic E-state index is 13.4. The van der Waals surface area contributed by atoms with E-state index in [-0.39, 0.29) is 11.7 Å². The summed E-state index contributed by atoms with van der Waals surface area (Å²) in [5.74, 6) is 0.396. The number of hydrogen-bond donors (Lipinski definition) is 0. The van der Waals surface area contributed by atoms with Crippen LogP contribution in [0, 0.1) is 5.82 Å². The summed E-state index contributed by atoms with van der Waals surface area (Å²) < 4.78 is 19.3. The van der Waals surface area contributed by atoms with Gasteiger partial charge < -0.3 is 14.5 Å². The number of carbonyl (C=O) groups is 1. The maximum Gasteiger partial charge on any atom is 0.254 e. The Bertz CT molecular complexity index is 1050. The number of carbonyl (C=O) groups excluding carboxylic acids is 1. The minimum Gasteiger partial charge on any atom is -0.489 e. The number of halogens is 1. The van der Waals surface area contributed by atoms with E-state index in [1.807, 2.05) is 59.5 Å². The zero-order chi connectivity index (χ0) is 24.5. The van der Waals surface area contributed by atoms with Gasteiger partial charge >= 0.3 is 0 Å². The molecule has 0 N–H and O–H groups in total. The molecule has 1 fully saturated rings. The predicted octanol–water partition coefficient (Wildman–Crippen LogP) is 6.31. The van der Waals surface area contributed by atoms with Crippen LogP contribution in [0.2, 0.25) is 0 Å². The molecule has 0 aliphatic carbocycles. The van der Waals surface area contributed by atoms with E-state index < -0.39 is 0 Å². The Labute approximate surface area is 208 Å². The summed E-state index contributed by atoms with van der Waals surface area (Å²) in [6.07, 6.45) is 4.71. The van der Waals surface area contributed by atoms with Crippen molar-refractivity contribution in [2.75, 3.05) is 19.6 Å². The number of rotatable bonds is 10. The van der Waals surface area contributed by atoms with Crippen LogP contribution in [0.4, 0.5) is 4.39 Å². The largest absolute Gasteiger partial charge is 0.489 e. The smallest absolute Gasteiger partial charge is 0.254 e. The minimum atomic E-state index is -0.335. The first-order chi connectivity index (χ1) is 17.1. The monoisotopic (exact) mass is 474 g/mol. The van der Waals surface area contributed by atoms with Gasteiger partial charge in [-0.15, -0.1) is 0 Å². The third-order valence-corrected chi connectivity index (χ3v) is 6.74. The first-order valence-corrected chi connectivity index (χ1v) is 12.6. The Balaban J connectivity index is 1.39. The second-order valence-electron chi connectivity index (χ2n) is 9.39. The van der Waals surface area contributed by atoms with Crippen LogP contribution in [0.25, 0.3) is 0 Å². The van der Waals surface area contributed by atoms with Crippen molar-refractivity contribution in [3.05, 3.63) is 101 Å². The van der Waals surface area contributed by atoms with E-state index in [9.17, 15) is 9.18 Å². The van der Waals surface area contributed by atoms with Crippen molar-refractivity contribution >= 4 is 5.91 Å². The molecule has 184 valence electrons. The van der Waals surface area contributed by atoms with Crippen molar-refractivity contribution < 1.29 is 13.9 Å². The fourth-order valence-corrected chi connectivity index (χ4v) is 4.63. The van der Waals surface area contributed by atoms with E-state index in [1.165, 1.54) is 31.4 Å². The van der Waals surface area contributed by atoms with Crippen molar-refractivity contribution in [1.82, 2.24) is 9.80 Å². The van der Waals surface area contributed by atoms with Crippen molar-refractivity contribution in [2.45, 2.75) is 51.8 Å². The van der Waals surface area contributed by atoms with E-state index in [2.05, 4.69) is 11.8 Å². The summed E-state index contributed by atoms with van der Waals surface area (Å²) in [6.45, 7) is 6.10. The topological polar surface area (TPSA) is 32.8 Å². The lowest BCUT2D eigenvalue weighted by Gasteiger charge is -2.34. The van der Waals surface area contributed by atoms with Gasteiger partial charge in [0.1, 0.15) is 18.2 Å². The van der Waals surface area contributed by atoms with Crippen molar-refractivity contribution in [2.24, 2.45) is 0 Å². The summed E-state index contributed by atoms with van der Waals surface area (Å²) in [6, 6.07) is 24.4. The van der Waals surface area contributed by atoms with Crippen LogP contribution in [0.1, 0.15) is 54.1 Å². The summed E-state index contributed by atoms with van der Waals surface area (Å²) in [5, 5.41) is 0. The molecule has 4 rings (SSSR count). The molecule has 0 bridgehead atoms. The number of amides is 1. The molecule has 5 heteroatoms. The lowest BCUT2D eigenvalue weighted by atomic mass is 10.0. The maximum atomic E-state index is 13.4. The highest BCUT2D eigenvalue weighted by atomic mass is 19.1.